The molecule has 1 unspecified atom stereocenters. The van der Waals surface area contributed by atoms with Gasteiger partial charge in [0.1, 0.15) is 0 Å². The summed E-state index contributed by atoms with van der Waals surface area (Å²) in [7, 11) is 1.67. The van der Waals surface area contributed by atoms with Crippen molar-refractivity contribution in [3.8, 4) is 0 Å². The molecule has 0 radical (unpaired) electrons. The summed E-state index contributed by atoms with van der Waals surface area (Å²) in [6.07, 6.45) is 3.69. The van der Waals surface area contributed by atoms with Gasteiger partial charge in [-0.1, -0.05) is 13.8 Å². The topological polar surface area (TPSA) is 36.9 Å². The van der Waals surface area contributed by atoms with Crippen LogP contribution in [0.4, 0.5) is 0 Å². The van der Waals surface area contributed by atoms with Crippen molar-refractivity contribution in [2.45, 2.75) is 45.8 Å². The zero-order valence-corrected chi connectivity index (χ0v) is 11.6. The summed E-state index contributed by atoms with van der Waals surface area (Å²) in [6, 6.07) is 0. The summed E-state index contributed by atoms with van der Waals surface area (Å²) in [5.74, 6) is 0. The Balaban J connectivity index is 3.19. The smallest absolute Gasteiger partial charge is 0.159 e. The van der Waals surface area contributed by atoms with E-state index < -0.39 is 0 Å². The average molecular weight is 248 g/mol. The van der Waals surface area contributed by atoms with E-state index in [-0.39, 0.29) is 6.29 Å². The molecule has 0 aromatic rings. The molecule has 17 heavy (non-hydrogen) atoms. The van der Waals surface area contributed by atoms with Crippen molar-refractivity contribution in [2.75, 3.05) is 40.1 Å². The van der Waals surface area contributed by atoms with Crippen LogP contribution in [0.25, 0.3) is 0 Å². The molecule has 0 heterocycles. The maximum atomic E-state index is 5.49. The van der Waals surface area contributed by atoms with Crippen molar-refractivity contribution in [2.24, 2.45) is 0 Å². The van der Waals surface area contributed by atoms with E-state index in [1.54, 1.807) is 7.11 Å². The van der Waals surface area contributed by atoms with Gasteiger partial charge in [-0.05, 0) is 19.3 Å². The highest BCUT2D eigenvalue weighted by Crippen LogP contribution is 2.01. The lowest BCUT2D eigenvalue weighted by atomic mass is 10.4. The molecule has 0 fully saturated rings. The minimum atomic E-state index is -0.133. The molecule has 0 N–H and O–H groups in total. The predicted molar refractivity (Wildman–Crippen MR) is 68.2 cm³/mol. The van der Waals surface area contributed by atoms with Crippen LogP contribution in [0.1, 0.15) is 39.5 Å². The quantitative estimate of drug-likeness (QED) is 0.371. The lowest BCUT2D eigenvalue weighted by molar-refractivity contribution is -0.135. The summed E-state index contributed by atoms with van der Waals surface area (Å²) < 4.78 is 21.5. The summed E-state index contributed by atoms with van der Waals surface area (Å²) in [6.45, 7) is 7.98. The van der Waals surface area contributed by atoms with Crippen molar-refractivity contribution >= 4 is 0 Å². The van der Waals surface area contributed by atoms with Gasteiger partial charge in [0, 0.05) is 40.0 Å². The van der Waals surface area contributed by atoms with Gasteiger partial charge in [0.2, 0.25) is 0 Å². The maximum Gasteiger partial charge on any atom is 0.159 e. The molecule has 0 aliphatic heterocycles. The zero-order valence-electron chi connectivity index (χ0n) is 11.6. The molecule has 104 valence electrons. The molecule has 0 spiro atoms. The number of methoxy groups -OCH3 is 1. The molecule has 0 saturated heterocycles. The van der Waals surface area contributed by atoms with E-state index in [1.165, 1.54) is 0 Å². The highest BCUT2D eigenvalue weighted by Gasteiger charge is 2.06. The number of hydrogen-bond acceptors (Lipinski definition) is 4. The summed E-state index contributed by atoms with van der Waals surface area (Å²) in [5, 5.41) is 0. The van der Waals surface area contributed by atoms with E-state index in [2.05, 4.69) is 13.8 Å². The lowest BCUT2D eigenvalue weighted by Crippen LogP contribution is -2.18. The standard InChI is InChI=1S/C13H28O4/c1-4-8-15-10-6-11-16-12-7-13(14-3)17-9-5-2/h13H,4-12H2,1-3H3. The van der Waals surface area contributed by atoms with Crippen LogP contribution in [-0.2, 0) is 18.9 Å². The molecular weight excluding hydrogens is 220 g/mol. The first-order valence-corrected chi connectivity index (χ1v) is 6.65. The van der Waals surface area contributed by atoms with Crippen LogP contribution in [0.3, 0.4) is 0 Å². The number of hydrogen-bond donors (Lipinski definition) is 0. The van der Waals surface area contributed by atoms with E-state index in [0.29, 0.717) is 6.61 Å². The van der Waals surface area contributed by atoms with Crippen molar-refractivity contribution in [3.05, 3.63) is 0 Å². The fourth-order valence-electron chi connectivity index (χ4n) is 1.31. The molecule has 0 saturated carbocycles. The number of rotatable bonds is 13. The zero-order chi connectivity index (χ0) is 12.8. The summed E-state index contributed by atoms with van der Waals surface area (Å²) in [5.41, 5.74) is 0. The third kappa shape index (κ3) is 12.1. The minimum absolute atomic E-state index is 0.133. The van der Waals surface area contributed by atoms with Crippen LogP contribution in [-0.4, -0.2) is 46.4 Å². The van der Waals surface area contributed by atoms with Gasteiger partial charge in [-0.25, -0.2) is 0 Å². The van der Waals surface area contributed by atoms with Gasteiger partial charge >= 0.3 is 0 Å². The molecule has 0 bridgehead atoms. The van der Waals surface area contributed by atoms with E-state index >= 15 is 0 Å². The highest BCUT2D eigenvalue weighted by molar-refractivity contribution is 4.44. The van der Waals surface area contributed by atoms with Gasteiger partial charge in [-0.2, -0.15) is 0 Å². The Hall–Kier alpha value is -0.160. The molecule has 0 amide bonds. The van der Waals surface area contributed by atoms with Crippen LogP contribution in [0.15, 0.2) is 0 Å². The highest BCUT2D eigenvalue weighted by atomic mass is 16.7. The second kappa shape index (κ2) is 13.9. The van der Waals surface area contributed by atoms with E-state index in [1.807, 2.05) is 0 Å². The Morgan fingerprint density at radius 3 is 2.06 bits per heavy atom. The summed E-state index contributed by atoms with van der Waals surface area (Å²) in [4.78, 5) is 0. The first-order valence-electron chi connectivity index (χ1n) is 6.65. The molecule has 0 aromatic carbocycles. The second-order valence-corrected chi connectivity index (χ2v) is 3.90. The van der Waals surface area contributed by atoms with Crippen molar-refractivity contribution < 1.29 is 18.9 Å². The van der Waals surface area contributed by atoms with Gasteiger partial charge < -0.3 is 18.9 Å². The fraction of sp³-hybridized carbons (Fsp3) is 1.00. The Bertz CT molecular complexity index is 141. The third-order valence-electron chi connectivity index (χ3n) is 2.19. The molecule has 0 rings (SSSR count). The van der Waals surface area contributed by atoms with Crippen LogP contribution < -0.4 is 0 Å². The molecule has 0 aromatic heterocycles. The first kappa shape index (κ1) is 16.8. The van der Waals surface area contributed by atoms with Gasteiger partial charge in [0.05, 0.1) is 6.61 Å². The first-order chi connectivity index (χ1) is 8.35. The van der Waals surface area contributed by atoms with E-state index in [4.69, 9.17) is 18.9 Å². The van der Waals surface area contributed by atoms with Gasteiger partial charge in [0.15, 0.2) is 6.29 Å². The molecule has 4 nitrogen and oxygen atoms in total. The van der Waals surface area contributed by atoms with Crippen LogP contribution in [0.5, 0.6) is 0 Å². The Morgan fingerprint density at radius 2 is 1.47 bits per heavy atom. The molecule has 0 aliphatic carbocycles. The van der Waals surface area contributed by atoms with Crippen LogP contribution >= 0.6 is 0 Å². The Morgan fingerprint density at radius 1 is 0.824 bits per heavy atom. The van der Waals surface area contributed by atoms with Crippen molar-refractivity contribution in [3.63, 3.8) is 0 Å². The predicted octanol–water partition coefficient (Wildman–Crippen LogP) is 2.61. The number of ether oxygens (including phenoxy) is 4. The van der Waals surface area contributed by atoms with E-state index in [0.717, 1.165) is 52.1 Å². The molecule has 4 heteroatoms. The maximum absolute atomic E-state index is 5.49. The average Bonchev–Trinajstić information content (AvgIpc) is 2.36. The van der Waals surface area contributed by atoms with Crippen molar-refractivity contribution in [1.82, 2.24) is 0 Å². The largest absolute Gasteiger partial charge is 0.381 e. The Labute approximate surface area is 106 Å². The molecule has 0 aliphatic rings. The Kier molecular flexibility index (Phi) is 13.8. The van der Waals surface area contributed by atoms with Crippen LogP contribution in [0.2, 0.25) is 0 Å². The normalized spacial score (nSPS) is 12.9. The summed E-state index contributed by atoms with van der Waals surface area (Å²) >= 11 is 0. The lowest BCUT2D eigenvalue weighted by Gasteiger charge is -2.15. The van der Waals surface area contributed by atoms with E-state index in [9.17, 15) is 0 Å². The molecular formula is C13H28O4. The minimum Gasteiger partial charge on any atom is -0.381 e. The van der Waals surface area contributed by atoms with Crippen LogP contribution in [0, 0.1) is 0 Å². The SMILES string of the molecule is CCCOCCCOCCC(OC)OCCC. The van der Waals surface area contributed by atoms with Gasteiger partial charge in [-0.3, -0.25) is 0 Å². The molecule has 1 atom stereocenters. The monoisotopic (exact) mass is 248 g/mol. The third-order valence-corrected chi connectivity index (χ3v) is 2.19. The van der Waals surface area contributed by atoms with Gasteiger partial charge in [0.25, 0.3) is 0 Å². The fourth-order valence-corrected chi connectivity index (χ4v) is 1.31. The second-order valence-electron chi connectivity index (χ2n) is 3.90. The van der Waals surface area contributed by atoms with Gasteiger partial charge in [-0.15, -0.1) is 0 Å². The van der Waals surface area contributed by atoms with Crippen molar-refractivity contribution in [1.29, 1.82) is 0 Å².